The normalized spacial score (nSPS) is 13.6. The average Bonchev–Trinajstić information content (AvgIpc) is 3.36. The van der Waals surface area contributed by atoms with E-state index in [1.165, 1.54) is 20.3 Å². The van der Waals surface area contributed by atoms with E-state index in [9.17, 15) is 8.78 Å². The van der Waals surface area contributed by atoms with Gasteiger partial charge in [0.05, 0.1) is 19.9 Å². The van der Waals surface area contributed by atoms with Crippen molar-refractivity contribution in [2.45, 2.75) is 25.4 Å². The van der Waals surface area contributed by atoms with Crippen LogP contribution in [0.15, 0.2) is 24.5 Å². The van der Waals surface area contributed by atoms with Crippen molar-refractivity contribution in [3.05, 3.63) is 41.7 Å². The van der Waals surface area contributed by atoms with Crippen LogP contribution in [0.5, 0.6) is 11.5 Å². The zero-order chi connectivity index (χ0) is 19.0. The van der Waals surface area contributed by atoms with E-state index in [1.54, 1.807) is 6.20 Å². The first-order chi connectivity index (χ1) is 13.1. The fourth-order valence-electron chi connectivity index (χ4n) is 3.01. The Morgan fingerprint density at radius 1 is 1.15 bits per heavy atom. The monoisotopic (exact) mass is 374 g/mol. The first-order valence-corrected chi connectivity index (χ1v) is 8.67. The molecule has 1 aromatic carbocycles. The molecule has 1 fully saturated rings. The summed E-state index contributed by atoms with van der Waals surface area (Å²) in [4.78, 5) is 7.46. The number of aromatic nitrogens is 2. The minimum atomic E-state index is -0.803. The Balaban J connectivity index is 1.67. The molecule has 3 aromatic rings. The van der Waals surface area contributed by atoms with Crippen LogP contribution in [0.2, 0.25) is 0 Å². The van der Waals surface area contributed by atoms with Crippen molar-refractivity contribution >= 4 is 22.4 Å². The van der Waals surface area contributed by atoms with Gasteiger partial charge in [-0.15, -0.1) is 0 Å². The molecule has 6 nitrogen and oxygen atoms in total. The first-order valence-electron chi connectivity index (χ1n) is 8.67. The molecule has 0 saturated heterocycles. The van der Waals surface area contributed by atoms with E-state index >= 15 is 0 Å². The Labute approximate surface area is 154 Å². The zero-order valence-electron chi connectivity index (χ0n) is 15.0. The number of anilines is 2. The van der Waals surface area contributed by atoms with Crippen molar-refractivity contribution < 1.29 is 18.3 Å². The van der Waals surface area contributed by atoms with Crippen molar-refractivity contribution in [1.82, 2.24) is 9.97 Å². The van der Waals surface area contributed by atoms with E-state index in [-0.39, 0.29) is 23.7 Å². The number of fused-ring (bicyclic) bond motifs is 1. The van der Waals surface area contributed by atoms with Crippen LogP contribution in [-0.4, -0.2) is 30.2 Å². The summed E-state index contributed by atoms with van der Waals surface area (Å²) in [7, 11) is 2.64. The van der Waals surface area contributed by atoms with Gasteiger partial charge in [-0.1, -0.05) is 0 Å². The predicted octanol–water partition coefficient (Wildman–Crippen LogP) is 4.04. The highest BCUT2D eigenvalue weighted by Gasteiger charge is 2.24. The maximum Gasteiger partial charge on any atom is 0.191 e. The van der Waals surface area contributed by atoms with Gasteiger partial charge in [0.1, 0.15) is 11.3 Å². The van der Waals surface area contributed by atoms with Crippen LogP contribution in [0.25, 0.3) is 11.0 Å². The first kappa shape index (κ1) is 17.4. The Kier molecular flexibility index (Phi) is 4.47. The van der Waals surface area contributed by atoms with Crippen molar-refractivity contribution in [1.29, 1.82) is 0 Å². The number of nitrogens with zero attached hydrogens (tertiary/aromatic N) is 1. The molecule has 0 amide bonds. The second kappa shape index (κ2) is 6.94. The van der Waals surface area contributed by atoms with Crippen molar-refractivity contribution in [3.8, 4) is 11.5 Å². The number of benzene rings is 1. The molecule has 0 spiro atoms. The van der Waals surface area contributed by atoms with E-state index in [0.29, 0.717) is 6.04 Å². The van der Waals surface area contributed by atoms with Gasteiger partial charge in [-0.05, 0) is 18.9 Å². The predicted molar refractivity (Wildman–Crippen MR) is 99.5 cm³/mol. The van der Waals surface area contributed by atoms with E-state index < -0.39 is 11.6 Å². The van der Waals surface area contributed by atoms with Gasteiger partial charge >= 0.3 is 0 Å². The van der Waals surface area contributed by atoms with E-state index in [2.05, 4.69) is 20.6 Å². The third-order valence-corrected chi connectivity index (χ3v) is 4.62. The van der Waals surface area contributed by atoms with Crippen LogP contribution in [-0.2, 0) is 6.54 Å². The summed E-state index contributed by atoms with van der Waals surface area (Å²) in [5, 5.41) is 7.27. The lowest BCUT2D eigenvalue weighted by Crippen LogP contribution is -2.11. The number of aromatic amines is 1. The topological polar surface area (TPSA) is 71.2 Å². The molecular formula is C19H20F2N4O2. The number of hydrogen-bond donors (Lipinski definition) is 3. The average molecular weight is 374 g/mol. The zero-order valence-corrected chi connectivity index (χ0v) is 15.0. The van der Waals surface area contributed by atoms with Crippen LogP contribution in [0, 0.1) is 11.6 Å². The minimum absolute atomic E-state index is 0.0914. The molecule has 1 saturated carbocycles. The highest BCUT2D eigenvalue weighted by Crippen LogP contribution is 2.36. The summed E-state index contributed by atoms with van der Waals surface area (Å²) >= 11 is 0. The minimum Gasteiger partial charge on any atom is -0.493 e. The summed E-state index contributed by atoms with van der Waals surface area (Å²) in [5.74, 6) is -1.79. The van der Waals surface area contributed by atoms with E-state index in [0.717, 1.165) is 35.1 Å². The molecule has 0 aliphatic heterocycles. The van der Waals surface area contributed by atoms with E-state index in [1.807, 2.05) is 12.3 Å². The molecule has 1 aliphatic carbocycles. The van der Waals surface area contributed by atoms with Crippen molar-refractivity contribution in [3.63, 3.8) is 0 Å². The largest absolute Gasteiger partial charge is 0.493 e. The van der Waals surface area contributed by atoms with Gasteiger partial charge in [-0.25, -0.2) is 13.8 Å². The molecule has 2 heterocycles. The lowest BCUT2D eigenvalue weighted by molar-refractivity contribution is 0.360. The molecule has 1 aliphatic rings. The van der Waals surface area contributed by atoms with Gasteiger partial charge in [0, 0.05) is 42.0 Å². The molecule has 142 valence electrons. The van der Waals surface area contributed by atoms with Crippen LogP contribution in [0.1, 0.15) is 18.4 Å². The molecule has 4 rings (SSSR count). The SMILES string of the molecule is COc1cc(OC)c(F)c(NCc2cnc3[nH]ccc3c2NC2CC2)c1F. The van der Waals surface area contributed by atoms with Crippen LogP contribution >= 0.6 is 0 Å². The summed E-state index contributed by atoms with van der Waals surface area (Å²) in [5.41, 5.74) is 2.21. The standard InChI is InChI=1S/C19H20F2N4O2/c1-26-13-7-14(27-2)16(21)18(15(13)20)23-8-10-9-24-19-12(5-6-22-19)17(10)25-11-3-4-11/h5-7,9,11,23H,3-4,8H2,1-2H3,(H2,22,24,25). The molecule has 0 radical (unpaired) electrons. The molecular weight excluding hydrogens is 354 g/mol. The number of methoxy groups -OCH3 is 2. The number of halogens is 2. The van der Waals surface area contributed by atoms with Crippen molar-refractivity contribution in [2.75, 3.05) is 24.9 Å². The molecule has 27 heavy (non-hydrogen) atoms. The Morgan fingerprint density at radius 2 is 1.85 bits per heavy atom. The number of pyridine rings is 1. The number of hydrogen-bond acceptors (Lipinski definition) is 5. The summed E-state index contributed by atoms with van der Waals surface area (Å²) < 4.78 is 39.1. The summed E-state index contributed by atoms with van der Waals surface area (Å²) in [6.07, 6.45) is 5.73. The van der Waals surface area contributed by atoms with Gasteiger partial charge in [-0.2, -0.15) is 0 Å². The van der Waals surface area contributed by atoms with E-state index in [4.69, 9.17) is 9.47 Å². The highest BCUT2D eigenvalue weighted by molar-refractivity contribution is 5.91. The Bertz CT molecular complexity index is 957. The third kappa shape index (κ3) is 3.22. The number of rotatable bonds is 7. The summed E-state index contributed by atoms with van der Waals surface area (Å²) in [6.45, 7) is 0.188. The molecule has 0 bridgehead atoms. The van der Waals surface area contributed by atoms with Gasteiger partial charge in [0.2, 0.25) is 0 Å². The number of H-pyrrole nitrogens is 1. The lowest BCUT2D eigenvalue weighted by Gasteiger charge is -2.16. The Hall–Kier alpha value is -3.03. The molecule has 0 atom stereocenters. The molecule has 8 heteroatoms. The maximum atomic E-state index is 14.6. The quantitative estimate of drug-likeness (QED) is 0.582. The smallest absolute Gasteiger partial charge is 0.191 e. The van der Waals surface area contributed by atoms with Crippen molar-refractivity contribution in [2.24, 2.45) is 0 Å². The number of ether oxygens (including phenoxy) is 2. The van der Waals surface area contributed by atoms with Gasteiger partial charge in [0.25, 0.3) is 0 Å². The van der Waals surface area contributed by atoms with Gasteiger partial charge < -0.3 is 25.1 Å². The fourth-order valence-corrected chi connectivity index (χ4v) is 3.01. The lowest BCUT2D eigenvalue weighted by atomic mass is 10.1. The molecule has 0 unspecified atom stereocenters. The maximum absolute atomic E-state index is 14.6. The summed E-state index contributed by atoms with van der Waals surface area (Å²) in [6, 6.07) is 3.55. The van der Waals surface area contributed by atoms with Crippen LogP contribution < -0.4 is 20.1 Å². The third-order valence-electron chi connectivity index (χ3n) is 4.62. The van der Waals surface area contributed by atoms with Gasteiger partial charge in [0.15, 0.2) is 23.1 Å². The van der Waals surface area contributed by atoms with Crippen LogP contribution in [0.3, 0.4) is 0 Å². The Morgan fingerprint density at radius 3 is 2.48 bits per heavy atom. The molecule has 2 aromatic heterocycles. The molecule has 3 N–H and O–H groups in total. The second-order valence-electron chi connectivity index (χ2n) is 6.45. The highest BCUT2D eigenvalue weighted by atomic mass is 19.1. The fraction of sp³-hybridized carbons (Fsp3) is 0.316. The van der Waals surface area contributed by atoms with Crippen LogP contribution in [0.4, 0.5) is 20.2 Å². The van der Waals surface area contributed by atoms with Gasteiger partial charge in [-0.3, -0.25) is 0 Å². The number of nitrogens with one attached hydrogen (secondary N) is 3. The second-order valence-corrected chi connectivity index (χ2v) is 6.45.